The molecule has 0 radical (unpaired) electrons. The smallest absolute Gasteiger partial charge is 0.0940 e. The zero-order valence-corrected chi connectivity index (χ0v) is 13.1. The van der Waals surface area contributed by atoms with Crippen LogP contribution in [0.2, 0.25) is 5.02 Å². The van der Waals surface area contributed by atoms with Gasteiger partial charge in [-0.15, -0.1) is 0 Å². The molecular formula is C18H19ClN2O. The number of benzene rings is 2. The first-order chi connectivity index (χ1) is 10.6. The first kappa shape index (κ1) is 15.1. The molecule has 1 heterocycles. The summed E-state index contributed by atoms with van der Waals surface area (Å²) in [5.74, 6) is 0. The zero-order valence-electron chi connectivity index (χ0n) is 12.4. The summed E-state index contributed by atoms with van der Waals surface area (Å²) < 4.78 is 0. The molecule has 3 rings (SSSR count). The van der Waals surface area contributed by atoms with Gasteiger partial charge < -0.3 is 15.4 Å². The van der Waals surface area contributed by atoms with Gasteiger partial charge in [-0.25, -0.2) is 0 Å². The molecule has 0 saturated heterocycles. The van der Waals surface area contributed by atoms with Crippen molar-refractivity contribution in [3.05, 3.63) is 70.9 Å². The van der Waals surface area contributed by atoms with Crippen molar-refractivity contribution in [3.63, 3.8) is 0 Å². The zero-order chi connectivity index (χ0) is 15.5. The van der Waals surface area contributed by atoms with Crippen LogP contribution in [0.4, 0.5) is 0 Å². The Labute approximate surface area is 134 Å². The minimum absolute atomic E-state index is 0.0598. The maximum atomic E-state index is 10.4. The molecule has 2 unspecified atom stereocenters. The number of aromatic amines is 1. The van der Waals surface area contributed by atoms with Crippen molar-refractivity contribution in [3.8, 4) is 0 Å². The molecule has 0 aliphatic heterocycles. The fourth-order valence-electron chi connectivity index (χ4n) is 2.64. The van der Waals surface area contributed by atoms with Crippen LogP contribution in [0.15, 0.2) is 54.7 Å². The van der Waals surface area contributed by atoms with E-state index in [-0.39, 0.29) is 6.04 Å². The van der Waals surface area contributed by atoms with Crippen LogP contribution in [0.25, 0.3) is 10.9 Å². The topological polar surface area (TPSA) is 48.0 Å². The van der Waals surface area contributed by atoms with E-state index in [1.807, 2.05) is 31.3 Å². The van der Waals surface area contributed by atoms with Gasteiger partial charge in [0.2, 0.25) is 0 Å². The third-order valence-electron chi connectivity index (χ3n) is 3.98. The Balaban J connectivity index is 1.68. The van der Waals surface area contributed by atoms with E-state index in [0.717, 1.165) is 11.1 Å². The lowest BCUT2D eigenvalue weighted by Crippen LogP contribution is -2.31. The maximum absolute atomic E-state index is 10.4. The van der Waals surface area contributed by atoms with Crippen LogP contribution < -0.4 is 5.32 Å². The number of aliphatic hydroxyl groups excluding tert-OH is 1. The van der Waals surface area contributed by atoms with Crippen molar-refractivity contribution in [1.29, 1.82) is 0 Å². The van der Waals surface area contributed by atoms with E-state index in [1.54, 1.807) is 12.1 Å². The third kappa shape index (κ3) is 3.17. The summed E-state index contributed by atoms with van der Waals surface area (Å²) in [5, 5.41) is 15.7. The summed E-state index contributed by atoms with van der Waals surface area (Å²) in [6.07, 6.45) is 1.38. The highest BCUT2D eigenvalue weighted by Gasteiger charge is 2.16. The summed E-state index contributed by atoms with van der Waals surface area (Å²) in [4.78, 5) is 3.21. The molecule has 0 fully saturated rings. The van der Waals surface area contributed by atoms with Crippen molar-refractivity contribution >= 4 is 22.5 Å². The molecule has 3 nitrogen and oxygen atoms in total. The molecule has 0 spiro atoms. The van der Waals surface area contributed by atoms with E-state index < -0.39 is 6.10 Å². The normalized spacial score (nSPS) is 14.1. The van der Waals surface area contributed by atoms with Gasteiger partial charge in [0, 0.05) is 34.7 Å². The summed E-state index contributed by atoms with van der Waals surface area (Å²) in [6, 6.07) is 15.5. The Morgan fingerprint density at radius 3 is 2.68 bits per heavy atom. The van der Waals surface area contributed by atoms with Crippen LogP contribution in [0, 0.1) is 0 Å². The Morgan fingerprint density at radius 1 is 1.14 bits per heavy atom. The highest BCUT2D eigenvalue weighted by atomic mass is 35.5. The summed E-state index contributed by atoms with van der Waals surface area (Å²) >= 11 is 5.88. The lowest BCUT2D eigenvalue weighted by atomic mass is 10.0. The molecule has 3 aromatic rings. The van der Waals surface area contributed by atoms with Crippen LogP contribution in [0.1, 0.15) is 24.2 Å². The number of H-pyrrole nitrogens is 1. The van der Waals surface area contributed by atoms with Crippen LogP contribution in [0.5, 0.6) is 0 Å². The quantitative estimate of drug-likeness (QED) is 0.666. The lowest BCUT2D eigenvalue weighted by molar-refractivity contribution is 0.135. The number of aliphatic hydroxyl groups is 1. The van der Waals surface area contributed by atoms with Gasteiger partial charge >= 0.3 is 0 Å². The van der Waals surface area contributed by atoms with E-state index in [2.05, 4.69) is 28.5 Å². The van der Waals surface area contributed by atoms with E-state index >= 15 is 0 Å². The summed E-state index contributed by atoms with van der Waals surface area (Å²) in [6.45, 7) is 2.69. The van der Waals surface area contributed by atoms with Gasteiger partial charge in [0.1, 0.15) is 0 Å². The minimum Gasteiger partial charge on any atom is -0.387 e. The van der Waals surface area contributed by atoms with E-state index in [1.165, 1.54) is 10.9 Å². The largest absolute Gasteiger partial charge is 0.387 e. The average molecular weight is 315 g/mol. The van der Waals surface area contributed by atoms with Gasteiger partial charge in [-0.2, -0.15) is 0 Å². The Bertz CT molecular complexity index is 751. The minimum atomic E-state index is -0.567. The van der Waals surface area contributed by atoms with Crippen LogP contribution in [0.3, 0.4) is 0 Å². The van der Waals surface area contributed by atoms with Gasteiger partial charge in [0.25, 0.3) is 0 Å². The monoisotopic (exact) mass is 314 g/mol. The van der Waals surface area contributed by atoms with E-state index in [0.29, 0.717) is 11.6 Å². The molecule has 0 bridgehead atoms. The molecule has 0 aliphatic rings. The number of aromatic nitrogens is 1. The standard InChI is InChI=1S/C18H19ClN2O/c1-12(18(22)13-5-7-15(19)8-6-13)21-11-14-3-2-4-17-16(14)9-10-20-17/h2-10,12,18,20-22H,11H2,1H3. The highest BCUT2D eigenvalue weighted by molar-refractivity contribution is 6.30. The Hall–Kier alpha value is -1.81. The molecule has 3 N–H and O–H groups in total. The second kappa shape index (κ2) is 6.53. The van der Waals surface area contributed by atoms with E-state index in [4.69, 9.17) is 11.6 Å². The summed E-state index contributed by atoms with van der Waals surface area (Å²) in [7, 11) is 0. The second-order valence-corrected chi connectivity index (χ2v) is 5.96. The van der Waals surface area contributed by atoms with Gasteiger partial charge in [0.15, 0.2) is 0 Å². The predicted octanol–water partition coefficient (Wildman–Crippen LogP) is 4.03. The SMILES string of the molecule is CC(NCc1cccc2[nH]ccc12)C(O)c1ccc(Cl)cc1. The maximum Gasteiger partial charge on any atom is 0.0940 e. The molecule has 22 heavy (non-hydrogen) atoms. The number of hydrogen-bond acceptors (Lipinski definition) is 2. The fourth-order valence-corrected chi connectivity index (χ4v) is 2.76. The summed E-state index contributed by atoms with van der Waals surface area (Å²) in [5.41, 5.74) is 3.21. The number of fused-ring (bicyclic) bond motifs is 1. The number of hydrogen-bond donors (Lipinski definition) is 3. The second-order valence-electron chi connectivity index (χ2n) is 5.52. The Morgan fingerprint density at radius 2 is 1.91 bits per heavy atom. The molecule has 114 valence electrons. The van der Waals surface area contributed by atoms with Gasteiger partial charge in [-0.1, -0.05) is 35.9 Å². The average Bonchev–Trinajstić information content (AvgIpc) is 3.01. The van der Waals surface area contributed by atoms with Crippen molar-refractivity contribution in [2.75, 3.05) is 0 Å². The van der Waals surface area contributed by atoms with Crippen molar-refractivity contribution in [2.45, 2.75) is 25.6 Å². The Kier molecular flexibility index (Phi) is 4.48. The fraction of sp³-hybridized carbons (Fsp3) is 0.222. The van der Waals surface area contributed by atoms with Crippen molar-refractivity contribution < 1.29 is 5.11 Å². The molecule has 0 amide bonds. The predicted molar refractivity (Wildman–Crippen MR) is 91.0 cm³/mol. The lowest BCUT2D eigenvalue weighted by Gasteiger charge is -2.21. The van der Waals surface area contributed by atoms with E-state index in [9.17, 15) is 5.11 Å². The third-order valence-corrected chi connectivity index (χ3v) is 4.24. The van der Waals surface area contributed by atoms with Gasteiger partial charge in [-0.05, 0) is 42.3 Å². The van der Waals surface area contributed by atoms with Crippen molar-refractivity contribution in [1.82, 2.24) is 10.3 Å². The molecule has 0 saturated carbocycles. The molecule has 2 atom stereocenters. The first-order valence-corrected chi connectivity index (χ1v) is 7.75. The molecule has 0 aliphatic carbocycles. The van der Waals surface area contributed by atoms with Crippen LogP contribution in [-0.4, -0.2) is 16.1 Å². The van der Waals surface area contributed by atoms with Gasteiger partial charge in [-0.3, -0.25) is 0 Å². The van der Waals surface area contributed by atoms with Gasteiger partial charge in [0.05, 0.1) is 6.10 Å². The first-order valence-electron chi connectivity index (χ1n) is 7.37. The van der Waals surface area contributed by atoms with Crippen molar-refractivity contribution in [2.24, 2.45) is 0 Å². The van der Waals surface area contributed by atoms with Crippen LogP contribution >= 0.6 is 11.6 Å². The number of halogens is 1. The molecule has 1 aromatic heterocycles. The number of rotatable bonds is 5. The molecular weight excluding hydrogens is 296 g/mol. The van der Waals surface area contributed by atoms with Crippen LogP contribution in [-0.2, 0) is 6.54 Å². The number of nitrogens with one attached hydrogen (secondary N) is 2. The molecule has 2 aromatic carbocycles. The highest BCUT2D eigenvalue weighted by Crippen LogP contribution is 2.21. The molecule has 4 heteroatoms.